The summed E-state index contributed by atoms with van der Waals surface area (Å²) in [5.41, 5.74) is 2.59. The van der Waals surface area contributed by atoms with E-state index in [1.54, 1.807) is 7.11 Å². The Kier molecular flexibility index (Phi) is 12.9. The SMILES string of the molecule is COC(CCCCOCC=C(C)C)COCC=C(C)C. The van der Waals surface area contributed by atoms with Crippen LogP contribution in [0.4, 0.5) is 0 Å². The van der Waals surface area contributed by atoms with Gasteiger partial charge in [-0.2, -0.15) is 0 Å². The molecule has 0 aliphatic heterocycles. The molecule has 0 aliphatic rings. The second-order valence-corrected chi connectivity index (χ2v) is 5.53. The van der Waals surface area contributed by atoms with Crippen LogP contribution >= 0.6 is 0 Å². The van der Waals surface area contributed by atoms with E-state index in [0.29, 0.717) is 13.2 Å². The maximum Gasteiger partial charge on any atom is 0.0804 e. The first-order valence-electron chi connectivity index (χ1n) is 7.51. The molecule has 0 aromatic carbocycles. The zero-order valence-electron chi connectivity index (χ0n) is 13.9. The van der Waals surface area contributed by atoms with Crippen LogP contribution in [0.2, 0.25) is 0 Å². The van der Waals surface area contributed by atoms with E-state index < -0.39 is 0 Å². The smallest absolute Gasteiger partial charge is 0.0804 e. The largest absolute Gasteiger partial charge is 0.379 e. The van der Waals surface area contributed by atoms with Gasteiger partial charge in [0.2, 0.25) is 0 Å². The van der Waals surface area contributed by atoms with Crippen LogP contribution in [0.1, 0.15) is 47.0 Å². The molecule has 0 aliphatic carbocycles. The third-order valence-corrected chi connectivity index (χ3v) is 2.92. The third-order valence-electron chi connectivity index (χ3n) is 2.92. The van der Waals surface area contributed by atoms with Gasteiger partial charge in [0.15, 0.2) is 0 Å². The number of unbranched alkanes of at least 4 members (excludes halogenated alkanes) is 1. The predicted octanol–water partition coefficient (Wildman–Crippen LogP) is 4.14. The van der Waals surface area contributed by atoms with Crippen LogP contribution in [0.15, 0.2) is 23.3 Å². The molecule has 3 heteroatoms. The summed E-state index contributed by atoms with van der Waals surface area (Å²) in [6.07, 6.45) is 7.60. The van der Waals surface area contributed by atoms with Crippen LogP contribution in [0.3, 0.4) is 0 Å². The van der Waals surface area contributed by atoms with Crippen molar-refractivity contribution in [2.24, 2.45) is 0 Å². The van der Waals surface area contributed by atoms with Crippen molar-refractivity contribution >= 4 is 0 Å². The Bertz CT molecular complexity index is 274. The summed E-state index contributed by atoms with van der Waals surface area (Å²) in [6.45, 7) is 11.2. The van der Waals surface area contributed by atoms with Gasteiger partial charge < -0.3 is 14.2 Å². The van der Waals surface area contributed by atoms with Crippen molar-refractivity contribution in [2.45, 2.75) is 53.1 Å². The van der Waals surface area contributed by atoms with Crippen molar-refractivity contribution in [2.75, 3.05) is 33.5 Å². The minimum absolute atomic E-state index is 0.193. The van der Waals surface area contributed by atoms with Crippen LogP contribution in [0.5, 0.6) is 0 Å². The summed E-state index contributed by atoms with van der Waals surface area (Å²) in [4.78, 5) is 0. The first-order valence-corrected chi connectivity index (χ1v) is 7.51. The Labute approximate surface area is 125 Å². The van der Waals surface area contributed by atoms with Crippen molar-refractivity contribution in [1.29, 1.82) is 0 Å². The summed E-state index contributed by atoms with van der Waals surface area (Å²) in [5, 5.41) is 0. The molecule has 0 aromatic rings. The third kappa shape index (κ3) is 13.8. The van der Waals surface area contributed by atoms with Gasteiger partial charge in [-0.1, -0.05) is 23.3 Å². The van der Waals surface area contributed by atoms with Gasteiger partial charge in [-0.05, 0) is 47.0 Å². The van der Waals surface area contributed by atoms with Gasteiger partial charge in [-0.15, -0.1) is 0 Å². The molecule has 0 heterocycles. The van der Waals surface area contributed by atoms with Crippen LogP contribution in [-0.4, -0.2) is 39.6 Å². The van der Waals surface area contributed by atoms with Crippen LogP contribution in [-0.2, 0) is 14.2 Å². The molecule has 0 amide bonds. The lowest BCUT2D eigenvalue weighted by Gasteiger charge is -2.15. The lowest BCUT2D eigenvalue weighted by molar-refractivity contribution is 0.0106. The molecule has 0 spiro atoms. The summed E-state index contributed by atoms with van der Waals surface area (Å²) in [6, 6.07) is 0. The molecule has 0 bridgehead atoms. The lowest BCUT2D eigenvalue weighted by Crippen LogP contribution is -2.18. The number of hydrogen-bond donors (Lipinski definition) is 0. The molecule has 1 atom stereocenters. The first kappa shape index (κ1) is 19.4. The predicted molar refractivity (Wildman–Crippen MR) is 85.1 cm³/mol. The quantitative estimate of drug-likeness (QED) is 0.398. The molecule has 118 valence electrons. The maximum atomic E-state index is 5.58. The van der Waals surface area contributed by atoms with Gasteiger partial charge in [-0.25, -0.2) is 0 Å². The van der Waals surface area contributed by atoms with Crippen molar-refractivity contribution in [3.63, 3.8) is 0 Å². The highest BCUT2D eigenvalue weighted by Crippen LogP contribution is 2.05. The Morgan fingerprint density at radius 1 is 0.900 bits per heavy atom. The second-order valence-electron chi connectivity index (χ2n) is 5.53. The van der Waals surface area contributed by atoms with Gasteiger partial charge in [0.25, 0.3) is 0 Å². The van der Waals surface area contributed by atoms with Gasteiger partial charge in [0.1, 0.15) is 0 Å². The first-order chi connectivity index (χ1) is 9.56. The molecular weight excluding hydrogens is 252 g/mol. The monoisotopic (exact) mass is 284 g/mol. The summed E-state index contributed by atoms with van der Waals surface area (Å²) in [7, 11) is 1.75. The number of hydrogen-bond acceptors (Lipinski definition) is 3. The topological polar surface area (TPSA) is 27.7 Å². The van der Waals surface area contributed by atoms with E-state index >= 15 is 0 Å². The summed E-state index contributed by atoms with van der Waals surface area (Å²) >= 11 is 0. The molecule has 3 nitrogen and oxygen atoms in total. The minimum Gasteiger partial charge on any atom is -0.379 e. The van der Waals surface area contributed by atoms with E-state index in [9.17, 15) is 0 Å². The maximum absolute atomic E-state index is 5.58. The fourth-order valence-corrected chi connectivity index (χ4v) is 1.58. The number of ether oxygens (including phenoxy) is 3. The van der Waals surface area contributed by atoms with E-state index in [1.807, 2.05) is 0 Å². The molecule has 0 saturated carbocycles. The zero-order chi connectivity index (χ0) is 15.2. The number of allylic oxidation sites excluding steroid dienone is 2. The van der Waals surface area contributed by atoms with E-state index in [0.717, 1.165) is 32.5 Å². The second kappa shape index (κ2) is 13.3. The summed E-state index contributed by atoms with van der Waals surface area (Å²) < 4.78 is 16.5. The standard InChI is InChI=1S/C17H32O3/c1-15(2)9-12-19-11-7-6-8-17(18-5)14-20-13-10-16(3)4/h9-10,17H,6-8,11-14H2,1-5H3. The molecular formula is C17H32O3. The Balaban J connectivity index is 3.50. The molecule has 0 fully saturated rings. The van der Waals surface area contributed by atoms with Crippen LogP contribution in [0, 0.1) is 0 Å². The lowest BCUT2D eigenvalue weighted by atomic mass is 10.1. The Morgan fingerprint density at radius 3 is 2.05 bits per heavy atom. The average molecular weight is 284 g/mol. The Hall–Kier alpha value is -0.640. The fourth-order valence-electron chi connectivity index (χ4n) is 1.58. The molecule has 0 N–H and O–H groups in total. The molecule has 0 radical (unpaired) electrons. The van der Waals surface area contributed by atoms with Gasteiger partial charge in [0, 0.05) is 13.7 Å². The van der Waals surface area contributed by atoms with E-state index in [-0.39, 0.29) is 6.10 Å². The highest BCUT2D eigenvalue weighted by atomic mass is 16.5. The highest BCUT2D eigenvalue weighted by Gasteiger charge is 2.06. The van der Waals surface area contributed by atoms with Crippen LogP contribution < -0.4 is 0 Å². The van der Waals surface area contributed by atoms with Crippen molar-refractivity contribution < 1.29 is 14.2 Å². The molecule has 20 heavy (non-hydrogen) atoms. The van der Waals surface area contributed by atoms with E-state index in [1.165, 1.54) is 11.1 Å². The minimum atomic E-state index is 0.193. The van der Waals surface area contributed by atoms with Crippen molar-refractivity contribution in [3.05, 3.63) is 23.3 Å². The Morgan fingerprint density at radius 2 is 1.50 bits per heavy atom. The molecule has 0 rings (SSSR count). The van der Waals surface area contributed by atoms with Crippen molar-refractivity contribution in [3.8, 4) is 0 Å². The van der Waals surface area contributed by atoms with E-state index in [4.69, 9.17) is 14.2 Å². The van der Waals surface area contributed by atoms with Crippen LogP contribution in [0.25, 0.3) is 0 Å². The zero-order valence-corrected chi connectivity index (χ0v) is 13.9. The van der Waals surface area contributed by atoms with Gasteiger partial charge in [0.05, 0.1) is 25.9 Å². The van der Waals surface area contributed by atoms with Gasteiger partial charge >= 0.3 is 0 Å². The molecule has 0 aromatic heterocycles. The highest BCUT2D eigenvalue weighted by molar-refractivity contribution is 4.93. The number of rotatable bonds is 12. The fraction of sp³-hybridized carbons (Fsp3) is 0.765. The number of methoxy groups -OCH3 is 1. The van der Waals surface area contributed by atoms with E-state index in [2.05, 4.69) is 39.8 Å². The van der Waals surface area contributed by atoms with Gasteiger partial charge in [-0.3, -0.25) is 0 Å². The molecule has 1 unspecified atom stereocenters. The summed E-state index contributed by atoms with van der Waals surface area (Å²) in [5.74, 6) is 0. The average Bonchev–Trinajstić information content (AvgIpc) is 2.39. The van der Waals surface area contributed by atoms with Crippen molar-refractivity contribution in [1.82, 2.24) is 0 Å². The molecule has 0 saturated heterocycles. The normalized spacial score (nSPS) is 12.1.